The van der Waals surface area contributed by atoms with Gasteiger partial charge in [-0.25, -0.2) is 0 Å². The number of halogens is 3. The number of nitrogens with zero attached hydrogens (tertiary/aromatic N) is 1. The molecule has 0 saturated carbocycles. The van der Waals surface area contributed by atoms with Crippen molar-refractivity contribution in [1.82, 2.24) is 10.2 Å². The highest BCUT2D eigenvalue weighted by molar-refractivity contribution is 5.78. The van der Waals surface area contributed by atoms with Crippen LogP contribution >= 0.6 is 0 Å². The van der Waals surface area contributed by atoms with E-state index in [2.05, 4.69) is 10.1 Å². The molecule has 162 valence electrons. The minimum Gasteiger partial charge on any atom is -0.497 e. The average molecular weight is 424 g/mol. The molecule has 6 nitrogen and oxygen atoms in total. The van der Waals surface area contributed by atoms with Crippen molar-refractivity contribution >= 4 is 5.91 Å². The maximum absolute atomic E-state index is 12.4. The van der Waals surface area contributed by atoms with Crippen molar-refractivity contribution in [1.29, 1.82) is 0 Å². The molecule has 1 heterocycles. The highest BCUT2D eigenvalue weighted by Gasteiger charge is 2.31. The van der Waals surface area contributed by atoms with E-state index < -0.39 is 6.36 Å². The zero-order chi connectivity index (χ0) is 21.7. The van der Waals surface area contributed by atoms with Crippen LogP contribution in [0.5, 0.6) is 17.2 Å². The van der Waals surface area contributed by atoms with Gasteiger partial charge in [0.25, 0.3) is 0 Å². The molecule has 1 atom stereocenters. The summed E-state index contributed by atoms with van der Waals surface area (Å²) in [6, 6.07) is 11.1. The van der Waals surface area contributed by atoms with Crippen LogP contribution in [-0.4, -0.2) is 43.5 Å². The van der Waals surface area contributed by atoms with Crippen LogP contribution in [0.25, 0.3) is 0 Å². The molecule has 1 amide bonds. The lowest BCUT2D eigenvalue weighted by atomic mass is 10.2. The minimum atomic E-state index is -4.76. The molecule has 0 radical (unpaired) electrons. The molecular formula is C21H23F3N2O4. The SMILES string of the molecule is COc1ccc2c(c1)O[C@@H](C)CN(CC(=O)NCc1cccc(OC(F)(F)F)c1)C2. The Labute approximate surface area is 172 Å². The van der Waals surface area contributed by atoms with Crippen LogP contribution in [-0.2, 0) is 17.9 Å². The van der Waals surface area contributed by atoms with E-state index >= 15 is 0 Å². The van der Waals surface area contributed by atoms with Crippen molar-refractivity contribution in [3.05, 3.63) is 53.6 Å². The largest absolute Gasteiger partial charge is 0.573 e. The van der Waals surface area contributed by atoms with Crippen molar-refractivity contribution in [2.45, 2.75) is 32.5 Å². The van der Waals surface area contributed by atoms with Crippen molar-refractivity contribution in [3.63, 3.8) is 0 Å². The van der Waals surface area contributed by atoms with Crippen molar-refractivity contribution in [2.75, 3.05) is 20.2 Å². The van der Waals surface area contributed by atoms with Crippen LogP contribution in [0.1, 0.15) is 18.1 Å². The predicted molar refractivity (Wildman–Crippen MR) is 103 cm³/mol. The van der Waals surface area contributed by atoms with Gasteiger partial charge in [-0.3, -0.25) is 9.69 Å². The highest BCUT2D eigenvalue weighted by Crippen LogP contribution is 2.29. The molecule has 2 aromatic rings. The molecule has 1 N–H and O–H groups in total. The summed E-state index contributed by atoms with van der Waals surface area (Å²) in [6.45, 7) is 3.25. The van der Waals surface area contributed by atoms with E-state index in [9.17, 15) is 18.0 Å². The van der Waals surface area contributed by atoms with Crippen LogP contribution in [0.4, 0.5) is 13.2 Å². The molecule has 3 rings (SSSR count). The van der Waals surface area contributed by atoms with Gasteiger partial charge in [0.15, 0.2) is 0 Å². The van der Waals surface area contributed by atoms with Gasteiger partial charge in [-0.2, -0.15) is 0 Å². The summed E-state index contributed by atoms with van der Waals surface area (Å²) in [5.41, 5.74) is 1.46. The zero-order valence-electron chi connectivity index (χ0n) is 16.7. The van der Waals surface area contributed by atoms with Gasteiger partial charge in [-0.15, -0.1) is 13.2 Å². The summed E-state index contributed by atoms with van der Waals surface area (Å²) in [4.78, 5) is 14.4. The molecule has 1 aliphatic heterocycles. The van der Waals surface area contributed by atoms with Crippen LogP contribution in [0.3, 0.4) is 0 Å². The fourth-order valence-corrected chi connectivity index (χ4v) is 3.26. The first kappa shape index (κ1) is 21.8. The normalized spacial score (nSPS) is 16.8. The number of hydrogen-bond donors (Lipinski definition) is 1. The van der Waals surface area contributed by atoms with Crippen molar-refractivity contribution in [3.8, 4) is 17.2 Å². The molecule has 0 aliphatic carbocycles. The van der Waals surface area contributed by atoms with Crippen LogP contribution < -0.4 is 19.5 Å². The van der Waals surface area contributed by atoms with E-state index in [-0.39, 0.29) is 30.9 Å². The van der Waals surface area contributed by atoms with Gasteiger partial charge in [-0.1, -0.05) is 18.2 Å². The number of amides is 1. The first-order valence-corrected chi connectivity index (χ1v) is 9.39. The van der Waals surface area contributed by atoms with Crippen LogP contribution in [0.2, 0.25) is 0 Å². The molecule has 9 heteroatoms. The molecule has 2 aromatic carbocycles. The molecule has 0 fully saturated rings. The molecule has 1 aliphatic rings. The van der Waals surface area contributed by atoms with Gasteiger partial charge >= 0.3 is 6.36 Å². The summed E-state index contributed by atoms with van der Waals surface area (Å²) < 4.78 is 52.1. The number of alkyl halides is 3. The quantitative estimate of drug-likeness (QED) is 0.769. The zero-order valence-corrected chi connectivity index (χ0v) is 16.7. The molecule has 0 unspecified atom stereocenters. The Morgan fingerprint density at radius 2 is 2.03 bits per heavy atom. The van der Waals surface area contributed by atoms with E-state index in [1.165, 1.54) is 18.2 Å². The lowest BCUT2D eigenvalue weighted by Gasteiger charge is -2.21. The Balaban J connectivity index is 1.57. The lowest BCUT2D eigenvalue weighted by molar-refractivity contribution is -0.274. The van der Waals surface area contributed by atoms with E-state index in [0.717, 1.165) is 11.3 Å². The number of ether oxygens (including phenoxy) is 3. The standard InChI is InChI=1S/C21H23F3N2O4/c1-14-11-26(12-16-6-7-17(28-2)9-19(16)29-14)13-20(27)25-10-15-4-3-5-18(8-15)30-21(22,23)24/h3-9,14H,10-13H2,1-2H3,(H,25,27)/t14-/m0/s1. The lowest BCUT2D eigenvalue weighted by Crippen LogP contribution is -2.39. The van der Waals surface area contributed by atoms with Crippen molar-refractivity contribution in [2.24, 2.45) is 0 Å². The van der Waals surface area contributed by atoms with Crippen LogP contribution in [0, 0.1) is 0 Å². The molecule has 0 spiro atoms. The second-order valence-corrected chi connectivity index (χ2v) is 7.04. The number of hydrogen-bond acceptors (Lipinski definition) is 5. The highest BCUT2D eigenvalue weighted by atomic mass is 19.4. The molecule has 0 saturated heterocycles. The molecule has 30 heavy (non-hydrogen) atoms. The molecular weight excluding hydrogens is 401 g/mol. The Morgan fingerprint density at radius 3 is 2.77 bits per heavy atom. The summed E-state index contributed by atoms with van der Waals surface area (Å²) in [7, 11) is 1.59. The predicted octanol–water partition coefficient (Wildman–Crippen LogP) is 3.49. The molecule has 0 bridgehead atoms. The first-order valence-electron chi connectivity index (χ1n) is 9.39. The third kappa shape index (κ3) is 6.28. The minimum absolute atomic E-state index is 0.0988. The van der Waals surface area contributed by atoms with Crippen molar-refractivity contribution < 1.29 is 32.2 Å². The van der Waals surface area contributed by atoms with Gasteiger partial charge in [0.2, 0.25) is 5.91 Å². The van der Waals surface area contributed by atoms with Gasteiger partial charge in [0, 0.05) is 31.3 Å². The number of rotatable bonds is 6. The number of carbonyl (C=O) groups excluding carboxylic acids is 1. The number of fused-ring (bicyclic) bond motifs is 1. The summed E-state index contributed by atoms with van der Waals surface area (Å²) in [5.74, 6) is 0.871. The maximum Gasteiger partial charge on any atom is 0.573 e. The molecule has 0 aromatic heterocycles. The van der Waals surface area contributed by atoms with Gasteiger partial charge < -0.3 is 19.5 Å². The third-order valence-electron chi connectivity index (χ3n) is 4.50. The Morgan fingerprint density at radius 1 is 1.23 bits per heavy atom. The third-order valence-corrected chi connectivity index (χ3v) is 4.50. The Bertz CT molecular complexity index is 889. The van der Waals surface area contributed by atoms with E-state index in [0.29, 0.717) is 24.4 Å². The second-order valence-electron chi connectivity index (χ2n) is 7.04. The van der Waals surface area contributed by atoms with E-state index in [4.69, 9.17) is 9.47 Å². The second kappa shape index (κ2) is 9.25. The number of nitrogens with one attached hydrogen (secondary N) is 1. The first-order chi connectivity index (χ1) is 14.2. The Hall–Kier alpha value is -2.94. The van der Waals surface area contributed by atoms with Gasteiger partial charge in [0.1, 0.15) is 23.4 Å². The van der Waals surface area contributed by atoms with Gasteiger partial charge in [-0.05, 0) is 30.7 Å². The number of benzene rings is 2. The average Bonchev–Trinajstić information content (AvgIpc) is 2.81. The Kier molecular flexibility index (Phi) is 6.71. The van der Waals surface area contributed by atoms with Gasteiger partial charge in [0.05, 0.1) is 13.7 Å². The summed E-state index contributed by atoms with van der Waals surface area (Å²) >= 11 is 0. The topological polar surface area (TPSA) is 60.0 Å². The summed E-state index contributed by atoms with van der Waals surface area (Å²) in [6.07, 6.45) is -4.88. The fourth-order valence-electron chi connectivity index (χ4n) is 3.26. The maximum atomic E-state index is 12.4. The van der Waals surface area contributed by atoms with E-state index in [1.807, 2.05) is 30.0 Å². The number of carbonyl (C=O) groups is 1. The van der Waals surface area contributed by atoms with E-state index in [1.54, 1.807) is 13.2 Å². The fraction of sp³-hybridized carbons (Fsp3) is 0.381. The monoisotopic (exact) mass is 424 g/mol. The smallest absolute Gasteiger partial charge is 0.497 e. The summed E-state index contributed by atoms with van der Waals surface area (Å²) in [5, 5.41) is 2.74. The van der Waals surface area contributed by atoms with Crippen LogP contribution in [0.15, 0.2) is 42.5 Å². The number of methoxy groups -OCH3 is 1.